The molecule has 270 valence electrons. The summed E-state index contributed by atoms with van der Waals surface area (Å²) in [5, 5.41) is 0.120. The maximum atomic E-state index is 14.9. The van der Waals surface area contributed by atoms with E-state index < -0.39 is 49.4 Å². The van der Waals surface area contributed by atoms with Crippen molar-refractivity contribution in [2.24, 2.45) is 0 Å². The number of aryl methyl sites for hydroxylation is 1. The lowest BCUT2D eigenvalue weighted by Crippen LogP contribution is -2.57. The first kappa shape index (κ1) is 34.6. The summed E-state index contributed by atoms with van der Waals surface area (Å²) < 4.78 is 68.1. The smallest absolute Gasteiger partial charge is 0.333 e. The number of aromatic nitrogens is 3. The van der Waals surface area contributed by atoms with Crippen molar-refractivity contribution >= 4 is 37.5 Å². The Morgan fingerprint density at radius 1 is 1.24 bits per heavy atom. The minimum atomic E-state index is -4.10. The molecule has 1 saturated carbocycles. The first-order valence-electron chi connectivity index (χ1n) is 16.5. The second-order valence-corrected chi connectivity index (χ2v) is 17.3. The highest BCUT2D eigenvalue weighted by molar-refractivity contribution is 7.91. The van der Waals surface area contributed by atoms with Crippen molar-refractivity contribution in [2.45, 2.75) is 107 Å². The van der Waals surface area contributed by atoms with Crippen LogP contribution < -0.4 is 20.7 Å². The van der Waals surface area contributed by atoms with Gasteiger partial charge in [0.1, 0.15) is 34.3 Å². The number of rotatable bonds is 11. The molecule has 50 heavy (non-hydrogen) atoms. The highest BCUT2D eigenvalue weighted by Gasteiger charge is 2.52. The SMILES string of the molecule is COc1ccc(F)cc1[C@H](Cn1c(=O)n(C(C)(C)C(=O)NS(=O)(=O)C2(C)CC2)c(=O)c2c(C)c(-c3ncco3)sc21)OC1C[C@H]2CC[C@@H](C1)O2.[HH]. The molecule has 2 aliphatic heterocycles. The van der Waals surface area contributed by atoms with E-state index in [1.54, 1.807) is 6.92 Å². The summed E-state index contributed by atoms with van der Waals surface area (Å²) in [6.07, 6.45) is 5.49. The predicted octanol–water partition coefficient (Wildman–Crippen LogP) is 4.78. The molecule has 2 saturated heterocycles. The van der Waals surface area contributed by atoms with Crippen LogP contribution in [0.2, 0.25) is 0 Å². The van der Waals surface area contributed by atoms with E-state index in [0.717, 1.165) is 28.7 Å². The number of halogens is 1. The fourth-order valence-corrected chi connectivity index (χ4v) is 9.57. The molecular weight excluding hydrogens is 692 g/mol. The molecule has 1 aliphatic carbocycles. The van der Waals surface area contributed by atoms with E-state index in [9.17, 15) is 27.2 Å². The number of amides is 1. The lowest BCUT2D eigenvalue weighted by molar-refractivity contribution is -0.126. The van der Waals surface area contributed by atoms with Gasteiger partial charge in [-0.1, -0.05) is 0 Å². The summed E-state index contributed by atoms with van der Waals surface area (Å²) in [7, 11) is -2.64. The van der Waals surface area contributed by atoms with Crippen LogP contribution in [-0.2, 0) is 36.4 Å². The number of nitrogens with zero attached hydrogens (tertiary/aromatic N) is 3. The maximum absolute atomic E-state index is 14.9. The van der Waals surface area contributed by atoms with Crippen molar-refractivity contribution < 1.29 is 37.7 Å². The number of hydrogen-bond acceptors (Lipinski definition) is 11. The van der Waals surface area contributed by atoms with Crippen LogP contribution in [0.5, 0.6) is 5.75 Å². The van der Waals surface area contributed by atoms with Crippen molar-refractivity contribution in [1.29, 1.82) is 0 Å². The Balaban J connectivity index is 0.00000448. The third kappa shape index (κ3) is 5.89. The average Bonchev–Trinajstić information content (AvgIpc) is 3.35. The molecule has 3 aliphatic rings. The lowest BCUT2D eigenvalue weighted by Gasteiger charge is -2.33. The average molecular weight is 733 g/mol. The fraction of sp³-hybridized carbons (Fsp3) is 0.529. The zero-order valence-electron chi connectivity index (χ0n) is 28.4. The second-order valence-electron chi connectivity index (χ2n) is 14.1. The molecule has 0 radical (unpaired) electrons. The van der Waals surface area contributed by atoms with Crippen molar-refractivity contribution in [3.05, 3.63) is 68.4 Å². The molecule has 3 aromatic heterocycles. The summed E-state index contributed by atoms with van der Waals surface area (Å²) >= 11 is 1.11. The number of carbonyl (C=O) groups is 1. The van der Waals surface area contributed by atoms with Gasteiger partial charge < -0.3 is 18.6 Å². The molecule has 4 atom stereocenters. The largest absolute Gasteiger partial charge is 0.496 e. The Morgan fingerprint density at radius 2 is 1.94 bits per heavy atom. The number of carbonyl (C=O) groups excluding carboxylic acids is 1. The van der Waals surface area contributed by atoms with Gasteiger partial charge in [-0.05, 0) is 90.0 Å². The van der Waals surface area contributed by atoms with E-state index in [1.165, 1.54) is 63.1 Å². The molecule has 1 aromatic carbocycles. The Labute approximate surface area is 292 Å². The molecule has 1 N–H and O–H groups in total. The van der Waals surface area contributed by atoms with E-state index in [-0.39, 0.29) is 42.4 Å². The van der Waals surface area contributed by atoms with Crippen LogP contribution in [0.15, 0.2) is 44.7 Å². The standard InChI is InChI=1S/C34H39FN4O9S2.H2/c1-18-26-29(40)39(33(2,3)31(41)37-50(43,44)34(4)10-11-34)32(42)38(30(26)49-27(18)28-36-12-13-46-28)17-25(23-14-19(35)6-9-24(23)45-5)48-22-15-20-7-8-21(16-22)47-20;/h6,9,12-14,20-22,25H,7-8,10-11,15-17H2,1-5H3,(H,37,41);1H/t20-,21+,22?,25-;/m0./s1. The molecule has 16 heteroatoms. The quantitative estimate of drug-likeness (QED) is 0.227. The number of methoxy groups -OCH3 is 1. The number of thiophene rings is 1. The van der Waals surface area contributed by atoms with Crippen LogP contribution in [0.1, 0.15) is 78.0 Å². The van der Waals surface area contributed by atoms with Gasteiger partial charge in [0, 0.05) is 6.99 Å². The van der Waals surface area contributed by atoms with Crippen molar-refractivity contribution in [1.82, 2.24) is 18.8 Å². The molecular formula is C34H41FN4O9S2. The van der Waals surface area contributed by atoms with Crippen LogP contribution >= 0.6 is 11.3 Å². The zero-order valence-corrected chi connectivity index (χ0v) is 30.0. The summed E-state index contributed by atoms with van der Waals surface area (Å²) in [4.78, 5) is 47.9. The molecule has 0 spiro atoms. The van der Waals surface area contributed by atoms with E-state index in [1.807, 2.05) is 0 Å². The highest BCUT2D eigenvalue weighted by atomic mass is 32.2. The molecule has 1 amide bonds. The third-order valence-corrected chi connectivity index (χ3v) is 13.7. The normalized spacial score (nSPS) is 22.1. The van der Waals surface area contributed by atoms with Gasteiger partial charge in [-0.15, -0.1) is 11.3 Å². The second kappa shape index (κ2) is 12.4. The molecule has 5 heterocycles. The molecule has 3 fully saturated rings. The number of oxazole rings is 1. The molecule has 4 aromatic rings. The van der Waals surface area contributed by atoms with Crippen molar-refractivity contribution in [3.63, 3.8) is 0 Å². The van der Waals surface area contributed by atoms with Crippen molar-refractivity contribution in [3.8, 4) is 16.5 Å². The van der Waals surface area contributed by atoms with E-state index in [2.05, 4.69) is 9.71 Å². The van der Waals surface area contributed by atoms with Crippen molar-refractivity contribution in [2.75, 3.05) is 7.11 Å². The third-order valence-electron chi connectivity index (χ3n) is 10.3. The maximum Gasteiger partial charge on any atom is 0.333 e. The monoisotopic (exact) mass is 732 g/mol. The highest BCUT2D eigenvalue weighted by Crippen LogP contribution is 2.43. The van der Waals surface area contributed by atoms with Crippen LogP contribution in [0.25, 0.3) is 21.0 Å². The molecule has 13 nitrogen and oxygen atoms in total. The number of ether oxygens (including phenoxy) is 3. The van der Waals surface area contributed by atoms with Gasteiger partial charge in [-0.25, -0.2) is 27.2 Å². The minimum absolute atomic E-state index is 0. The lowest BCUT2D eigenvalue weighted by atomic mass is 10.0. The van der Waals surface area contributed by atoms with Gasteiger partial charge in [0.25, 0.3) is 11.5 Å². The fourth-order valence-electron chi connectivity index (χ4n) is 6.95. The summed E-state index contributed by atoms with van der Waals surface area (Å²) in [6, 6.07) is 4.05. The Hall–Kier alpha value is -3.86. The Kier molecular flexibility index (Phi) is 8.59. The predicted molar refractivity (Wildman–Crippen MR) is 184 cm³/mol. The number of sulfonamides is 1. The van der Waals surface area contributed by atoms with E-state index >= 15 is 0 Å². The van der Waals surface area contributed by atoms with E-state index in [0.29, 0.717) is 47.4 Å². The van der Waals surface area contributed by atoms with Crippen LogP contribution in [-0.4, -0.2) is 58.6 Å². The summed E-state index contributed by atoms with van der Waals surface area (Å²) in [6.45, 7) is 5.66. The van der Waals surface area contributed by atoms with Crippen LogP contribution in [0.3, 0.4) is 0 Å². The summed E-state index contributed by atoms with van der Waals surface area (Å²) in [5.74, 6) is -1.00. The molecule has 7 rings (SSSR count). The van der Waals surface area contributed by atoms with Gasteiger partial charge in [-0.2, -0.15) is 0 Å². The topological polar surface area (TPSA) is 161 Å². The first-order chi connectivity index (χ1) is 23.6. The Bertz CT molecular complexity index is 2200. The molecule has 2 bridgehead atoms. The van der Waals surface area contributed by atoms with Gasteiger partial charge in [-0.3, -0.25) is 18.9 Å². The number of hydrogen-bond donors (Lipinski definition) is 1. The van der Waals surface area contributed by atoms with Crippen LogP contribution in [0, 0.1) is 12.7 Å². The number of nitrogens with one attached hydrogen (secondary N) is 1. The molecule has 1 unspecified atom stereocenters. The number of fused-ring (bicyclic) bond motifs is 3. The Morgan fingerprint density at radius 3 is 2.56 bits per heavy atom. The summed E-state index contributed by atoms with van der Waals surface area (Å²) in [5.41, 5.74) is -2.83. The van der Waals surface area contributed by atoms with Gasteiger partial charge in [0.2, 0.25) is 15.9 Å². The van der Waals surface area contributed by atoms with Gasteiger partial charge >= 0.3 is 5.69 Å². The van der Waals surface area contributed by atoms with Crippen LogP contribution in [0.4, 0.5) is 4.39 Å². The van der Waals surface area contributed by atoms with Gasteiger partial charge in [0.15, 0.2) is 0 Å². The minimum Gasteiger partial charge on any atom is -0.496 e. The zero-order chi connectivity index (χ0) is 35.7. The first-order valence-corrected chi connectivity index (χ1v) is 18.8. The van der Waals surface area contributed by atoms with E-state index in [4.69, 9.17) is 18.6 Å². The van der Waals surface area contributed by atoms with Gasteiger partial charge in [0.05, 0.1) is 53.2 Å². The number of benzene rings is 1.